The van der Waals surface area contributed by atoms with E-state index in [9.17, 15) is 5.11 Å². The Labute approximate surface area is 135 Å². The van der Waals surface area contributed by atoms with Crippen molar-refractivity contribution in [1.29, 1.82) is 0 Å². The third kappa shape index (κ3) is 6.41. The number of rotatable bonds is 5. The highest BCUT2D eigenvalue weighted by molar-refractivity contribution is 5.32. The van der Waals surface area contributed by atoms with Crippen molar-refractivity contribution in [2.24, 2.45) is 0 Å². The summed E-state index contributed by atoms with van der Waals surface area (Å²) >= 11 is 0. The molecule has 0 aliphatic carbocycles. The fraction of sp³-hybridized carbons (Fsp3) is 0.789. The zero-order chi connectivity index (χ0) is 16.5. The Balaban J connectivity index is 2.87. The number of ether oxygens (including phenoxy) is 2. The minimum absolute atomic E-state index is 0.431. The number of hydrogen-bond donors (Lipinski definition) is 1. The van der Waals surface area contributed by atoms with Gasteiger partial charge in [0.05, 0.1) is 6.61 Å². The van der Waals surface area contributed by atoms with Crippen molar-refractivity contribution in [2.45, 2.75) is 90.1 Å². The number of aliphatic hydroxyl groups is 1. The second-order valence-corrected chi connectivity index (χ2v) is 6.22. The summed E-state index contributed by atoms with van der Waals surface area (Å²) < 4.78 is 11.4. The topological polar surface area (TPSA) is 38.7 Å². The van der Waals surface area contributed by atoms with Crippen LogP contribution >= 0.6 is 0 Å². The van der Waals surface area contributed by atoms with Gasteiger partial charge in [0, 0.05) is 19.3 Å². The Morgan fingerprint density at radius 3 is 2.09 bits per heavy atom. The monoisotopic (exact) mass is 306 g/mol. The van der Waals surface area contributed by atoms with Gasteiger partial charge in [0.1, 0.15) is 6.10 Å². The van der Waals surface area contributed by atoms with E-state index in [1.807, 2.05) is 13.8 Å². The lowest BCUT2D eigenvalue weighted by molar-refractivity contribution is -0.290. The average Bonchev–Trinajstić information content (AvgIpc) is 2.47. The molecule has 1 rings (SSSR count). The van der Waals surface area contributed by atoms with Gasteiger partial charge < -0.3 is 14.6 Å². The van der Waals surface area contributed by atoms with E-state index in [0.717, 1.165) is 38.5 Å². The smallest absolute Gasteiger partial charge is 0.214 e. The fourth-order valence-corrected chi connectivity index (χ4v) is 2.26. The molecule has 0 aromatic heterocycles. The predicted molar refractivity (Wildman–Crippen MR) is 89.1 cm³/mol. The zero-order valence-electron chi connectivity index (χ0n) is 14.5. The van der Waals surface area contributed by atoms with E-state index in [2.05, 4.69) is 37.5 Å². The van der Waals surface area contributed by atoms with Crippen LogP contribution in [0.15, 0.2) is 0 Å². The van der Waals surface area contributed by atoms with E-state index in [1.165, 1.54) is 0 Å². The van der Waals surface area contributed by atoms with Gasteiger partial charge in [0.25, 0.3) is 0 Å². The Kier molecular flexibility index (Phi) is 7.97. The first-order valence-electron chi connectivity index (χ1n) is 8.47. The molecule has 1 fully saturated rings. The molecule has 1 heterocycles. The van der Waals surface area contributed by atoms with Crippen LogP contribution in [0.1, 0.15) is 72.6 Å². The fourth-order valence-electron chi connectivity index (χ4n) is 2.26. The maximum atomic E-state index is 10.9. The predicted octanol–water partition coefficient (Wildman–Crippen LogP) is 3.65. The molecule has 3 heteroatoms. The van der Waals surface area contributed by atoms with Crippen LogP contribution in [-0.2, 0) is 9.47 Å². The molecule has 0 amide bonds. The van der Waals surface area contributed by atoms with E-state index in [1.54, 1.807) is 0 Å². The second-order valence-electron chi connectivity index (χ2n) is 6.22. The van der Waals surface area contributed by atoms with Gasteiger partial charge >= 0.3 is 0 Å². The van der Waals surface area contributed by atoms with Crippen molar-refractivity contribution < 1.29 is 14.6 Å². The van der Waals surface area contributed by atoms with Crippen molar-refractivity contribution >= 4 is 0 Å². The van der Waals surface area contributed by atoms with Crippen molar-refractivity contribution in [3.63, 3.8) is 0 Å². The molecule has 1 aliphatic rings. The lowest BCUT2D eigenvalue weighted by Gasteiger charge is -2.39. The molecular weight excluding hydrogens is 276 g/mol. The van der Waals surface area contributed by atoms with Gasteiger partial charge in [-0.15, -0.1) is 0 Å². The molecular formula is C19H30O3. The lowest BCUT2D eigenvalue weighted by Crippen LogP contribution is -2.51. The van der Waals surface area contributed by atoms with Crippen LogP contribution in [0, 0.1) is 23.7 Å². The van der Waals surface area contributed by atoms with E-state index in [-0.39, 0.29) is 0 Å². The van der Waals surface area contributed by atoms with Crippen molar-refractivity contribution in [3.05, 3.63) is 0 Å². The average molecular weight is 306 g/mol. The highest BCUT2D eigenvalue weighted by Crippen LogP contribution is 2.28. The summed E-state index contributed by atoms with van der Waals surface area (Å²) in [4.78, 5) is 0. The third-order valence-corrected chi connectivity index (χ3v) is 3.59. The molecule has 3 nitrogen and oxygen atoms in total. The molecule has 0 unspecified atom stereocenters. The quantitative estimate of drug-likeness (QED) is 0.622. The molecule has 124 valence electrons. The molecule has 1 aliphatic heterocycles. The van der Waals surface area contributed by atoms with E-state index in [0.29, 0.717) is 13.0 Å². The molecule has 22 heavy (non-hydrogen) atoms. The Bertz CT molecular complexity index is 419. The number of unbranched alkanes of at least 4 members (excludes halogenated alkanes) is 4. The summed E-state index contributed by atoms with van der Waals surface area (Å²) in [6.07, 6.45) is 5.99. The van der Waals surface area contributed by atoms with Crippen LogP contribution in [0.25, 0.3) is 0 Å². The van der Waals surface area contributed by atoms with Gasteiger partial charge in [-0.05, 0) is 26.7 Å². The third-order valence-electron chi connectivity index (χ3n) is 3.59. The molecule has 0 radical (unpaired) electrons. The van der Waals surface area contributed by atoms with Crippen LogP contribution in [0.2, 0.25) is 0 Å². The Hall–Kier alpha value is -1.00. The number of hydrogen-bond acceptors (Lipinski definition) is 3. The first kappa shape index (κ1) is 19.0. The van der Waals surface area contributed by atoms with Gasteiger partial charge in [-0.2, -0.15) is 0 Å². The molecule has 1 atom stereocenters. The van der Waals surface area contributed by atoms with Crippen molar-refractivity contribution in [1.82, 2.24) is 0 Å². The van der Waals surface area contributed by atoms with Gasteiger partial charge in [-0.25, -0.2) is 0 Å². The van der Waals surface area contributed by atoms with Crippen molar-refractivity contribution in [3.8, 4) is 23.7 Å². The molecule has 0 aromatic rings. The minimum atomic E-state index is -1.40. The Morgan fingerprint density at radius 2 is 1.64 bits per heavy atom. The van der Waals surface area contributed by atoms with Crippen LogP contribution in [0.3, 0.4) is 0 Å². The van der Waals surface area contributed by atoms with Crippen LogP contribution in [-0.4, -0.2) is 29.2 Å². The van der Waals surface area contributed by atoms with E-state index in [4.69, 9.17) is 9.47 Å². The maximum Gasteiger partial charge on any atom is 0.214 e. The summed E-state index contributed by atoms with van der Waals surface area (Å²) in [5, 5.41) is 10.9. The summed E-state index contributed by atoms with van der Waals surface area (Å²) in [5.41, 5.74) is -1.40. The normalized spacial score (nSPS) is 20.5. The molecule has 0 aromatic carbocycles. The van der Waals surface area contributed by atoms with Crippen LogP contribution in [0.5, 0.6) is 0 Å². The maximum absolute atomic E-state index is 10.9. The van der Waals surface area contributed by atoms with E-state index < -0.39 is 17.5 Å². The molecule has 0 bridgehead atoms. The molecule has 0 saturated carbocycles. The van der Waals surface area contributed by atoms with Gasteiger partial charge in [0.15, 0.2) is 5.79 Å². The van der Waals surface area contributed by atoms with Crippen LogP contribution in [0.4, 0.5) is 0 Å². The molecule has 1 N–H and O–H groups in total. The van der Waals surface area contributed by atoms with Crippen LogP contribution < -0.4 is 0 Å². The summed E-state index contributed by atoms with van der Waals surface area (Å²) in [5.74, 6) is 11.4. The SMILES string of the molecule is CCCCC#CC(O)(C#CCCCC)[C@@H]1CCOC(C)(C)O1. The summed E-state index contributed by atoms with van der Waals surface area (Å²) in [7, 11) is 0. The minimum Gasteiger partial charge on any atom is -0.365 e. The first-order valence-corrected chi connectivity index (χ1v) is 8.47. The second kappa shape index (κ2) is 9.21. The largest absolute Gasteiger partial charge is 0.365 e. The van der Waals surface area contributed by atoms with Gasteiger partial charge in [0.2, 0.25) is 5.60 Å². The van der Waals surface area contributed by atoms with E-state index >= 15 is 0 Å². The standard InChI is InChI=1S/C19H30O3/c1-5-7-9-11-14-19(20,15-12-10-8-6-2)17-13-16-21-18(3,4)22-17/h17,20H,5-10,13,16H2,1-4H3/t17-/m0/s1. The van der Waals surface area contributed by atoms with Crippen molar-refractivity contribution in [2.75, 3.05) is 6.61 Å². The Morgan fingerprint density at radius 1 is 1.09 bits per heavy atom. The zero-order valence-corrected chi connectivity index (χ0v) is 14.5. The molecule has 1 saturated heterocycles. The first-order chi connectivity index (χ1) is 10.4. The summed E-state index contributed by atoms with van der Waals surface area (Å²) in [6, 6.07) is 0. The highest BCUT2D eigenvalue weighted by atomic mass is 16.7. The highest BCUT2D eigenvalue weighted by Gasteiger charge is 2.41. The van der Waals surface area contributed by atoms with Gasteiger partial charge in [-0.1, -0.05) is 50.4 Å². The molecule has 0 spiro atoms. The summed E-state index contributed by atoms with van der Waals surface area (Å²) in [6.45, 7) is 8.52. The lowest BCUT2D eigenvalue weighted by atomic mass is 9.93. The van der Waals surface area contributed by atoms with Gasteiger partial charge in [-0.3, -0.25) is 0 Å².